The number of hydrogen-bond acceptors (Lipinski definition) is 7. The average Bonchev–Trinajstić information content (AvgIpc) is 3.17. The Labute approximate surface area is 189 Å². The van der Waals surface area contributed by atoms with Crippen LogP contribution in [0.5, 0.6) is 11.5 Å². The van der Waals surface area contributed by atoms with Crippen molar-refractivity contribution in [3.05, 3.63) is 83.1 Å². The van der Waals surface area contributed by atoms with Gasteiger partial charge in [0.1, 0.15) is 23.7 Å². The van der Waals surface area contributed by atoms with E-state index in [1.165, 1.54) is 12.1 Å². The fraction of sp³-hybridized carbons (Fsp3) is 0.120. The molecule has 0 aliphatic heterocycles. The number of benzene rings is 3. The number of phenolic OH excluding ortho intramolecular Hbond substituents is 1. The highest BCUT2D eigenvalue weighted by atomic mass is 16.5. The molecule has 0 aliphatic carbocycles. The summed E-state index contributed by atoms with van der Waals surface area (Å²) < 4.78 is 11.8. The van der Waals surface area contributed by atoms with Crippen LogP contribution in [0.4, 0.5) is 11.4 Å². The van der Waals surface area contributed by atoms with E-state index in [1.54, 1.807) is 18.2 Å². The van der Waals surface area contributed by atoms with E-state index in [4.69, 9.17) is 26.4 Å². The minimum atomic E-state index is -0.515. The van der Waals surface area contributed by atoms with Crippen molar-refractivity contribution >= 4 is 34.0 Å². The molecule has 1 aromatic heterocycles. The van der Waals surface area contributed by atoms with Gasteiger partial charge in [0.15, 0.2) is 11.5 Å². The van der Waals surface area contributed by atoms with Crippen LogP contribution in [-0.4, -0.2) is 16.8 Å². The molecule has 0 radical (unpaired) electrons. The van der Waals surface area contributed by atoms with Crippen LogP contribution >= 0.6 is 0 Å². The van der Waals surface area contributed by atoms with Crippen molar-refractivity contribution in [2.24, 2.45) is 5.73 Å². The van der Waals surface area contributed by atoms with Gasteiger partial charge in [-0.3, -0.25) is 9.59 Å². The third-order valence-electron chi connectivity index (χ3n) is 5.24. The Morgan fingerprint density at radius 3 is 2.33 bits per heavy atom. The zero-order valence-corrected chi connectivity index (χ0v) is 17.7. The third-order valence-corrected chi connectivity index (χ3v) is 5.24. The molecule has 8 heteroatoms. The number of rotatable bonds is 8. The number of primary amides is 1. The smallest absolute Gasteiger partial charge is 0.217 e. The van der Waals surface area contributed by atoms with E-state index in [0.717, 1.165) is 5.56 Å². The standard InChI is InChI=1S/C25H23N3O5/c26-18-10-15(11-19(27)25(18)31)24(30)23-17-7-6-16(32-13-14-4-2-1-3-5-14)12-21(17)33-20(23)8-9-22(28)29/h1-7,10-12,31H,8-9,13,26-27H2,(H2,28,29). The number of furan rings is 1. The van der Waals surface area contributed by atoms with E-state index in [-0.39, 0.29) is 41.1 Å². The van der Waals surface area contributed by atoms with Crippen LogP contribution in [0.2, 0.25) is 0 Å². The van der Waals surface area contributed by atoms with Gasteiger partial charge in [-0.05, 0) is 29.8 Å². The van der Waals surface area contributed by atoms with Crippen LogP contribution in [0, 0.1) is 0 Å². The highest BCUT2D eigenvalue weighted by molar-refractivity contribution is 6.17. The second-order valence-corrected chi connectivity index (χ2v) is 7.63. The number of carbonyl (C=O) groups is 2. The first-order valence-electron chi connectivity index (χ1n) is 10.3. The summed E-state index contributed by atoms with van der Waals surface area (Å²) in [6.07, 6.45) is 0.158. The number of hydrogen-bond donors (Lipinski definition) is 4. The fourth-order valence-corrected chi connectivity index (χ4v) is 3.58. The minimum absolute atomic E-state index is 0.0112. The normalized spacial score (nSPS) is 10.9. The summed E-state index contributed by atoms with van der Waals surface area (Å²) in [5.74, 6) is -0.306. The molecular formula is C25H23N3O5. The number of aryl methyl sites for hydroxylation is 1. The summed E-state index contributed by atoms with van der Waals surface area (Å²) in [4.78, 5) is 24.8. The number of amides is 1. The van der Waals surface area contributed by atoms with Crippen molar-refractivity contribution in [3.63, 3.8) is 0 Å². The number of ketones is 1. The Balaban J connectivity index is 1.72. The molecule has 33 heavy (non-hydrogen) atoms. The predicted molar refractivity (Wildman–Crippen MR) is 125 cm³/mol. The van der Waals surface area contributed by atoms with Gasteiger partial charge in [-0.25, -0.2) is 0 Å². The quantitative estimate of drug-likeness (QED) is 0.184. The summed E-state index contributed by atoms with van der Waals surface area (Å²) in [5, 5.41) is 10.4. The second-order valence-electron chi connectivity index (χ2n) is 7.63. The largest absolute Gasteiger partial charge is 0.504 e. The number of anilines is 2. The molecule has 0 unspecified atom stereocenters. The lowest BCUT2D eigenvalue weighted by atomic mass is 9.97. The molecule has 0 spiro atoms. The zero-order chi connectivity index (χ0) is 23.5. The second kappa shape index (κ2) is 8.96. The van der Waals surface area contributed by atoms with Crippen molar-refractivity contribution in [2.75, 3.05) is 11.5 Å². The number of aromatic hydroxyl groups is 1. The highest BCUT2D eigenvalue weighted by Crippen LogP contribution is 2.35. The molecule has 168 valence electrons. The van der Waals surface area contributed by atoms with Gasteiger partial charge in [0.05, 0.1) is 16.9 Å². The molecule has 8 nitrogen and oxygen atoms in total. The molecule has 4 rings (SSSR count). The molecule has 0 saturated heterocycles. The van der Waals surface area contributed by atoms with Crippen LogP contribution in [0.3, 0.4) is 0 Å². The molecule has 7 N–H and O–H groups in total. The average molecular weight is 445 g/mol. The van der Waals surface area contributed by atoms with Gasteiger partial charge in [0.25, 0.3) is 0 Å². The minimum Gasteiger partial charge on any atom is -0.504 e. The lowest BCUT2D eigenvalue weighted by Gasteiger charge is -2.08. The molecule has 3 aromatic carbocycles. The Morgan fingerprint density at radius 1 is 0.970 bits per heavy atom. The lowest BCUT2D eigenvalue weighted by molar-refractivity contribution is -0.118. The van der Waals surface area contributed by atoms with Crippen LogP contribution in [0.1, 0.15) is 33.7 Å². The Bertz CT molecular complexity index is 1320. The highest BCUT2D eigenvalue weighted by Gasteiger charge is 2.24. The predicted octanol–water partition coefficient (Wildman–Crippen LogP) is 3.53. The van der Waals surface area contributed by atoms with Gasteiger partial charge in [-0.15, -0.1) is 0 Å². The molecule has 1 heterocycles. The fourth-order valence-electron chi connectivity index (χ4n) is 3.58. The summed E-state index contributed by atoms with van der Waals surface area (Å²) >= 11 is 0. The van der Waals surface area contributed by atoms with E-state index >= 15 is 0 Å². The van der Waals surface area contributed by atoms with Crippen LogP contribution in [0.15, 0.2) is 65.1 Å². The van der Waals surface area contributed by atoms with Gasteiger partial charge < -0.3 is 31.5 Å². The van der Waals surface area contributed by atoms with Crippen LogP contribution in [0.25, 0.3) is 11.0 Å². The number of nitrogen functional groups attached to an aromatic ring is 2. The number of carbonyl (C=O) groups excluding carboxylic acids is 2. The Hall–Kier alpha value is -4.46. The van der Waals surface area contributed by atoms with Crippen LogP contribution in [-0.2, 0) is 17.8 Å². The topological polar surface area (TPSA) is 155 Å². The van der Waals surface area contributed by atoms with Gasteiger partial charge in [0, 0.05) is 29.9 Å². The van der Waals surface area contributed by atoms with E-state index in [2.05, 4.69) is 0 Å². The van der Waals surface area contributed by atoms with Crippen molar-refractivity contribution in [3.8, 4) is 11.5 Å². The summed E-state index contributed by atoms with van der Waals surface area (Å²) in [5.41, 5.74) is 18.8. The Morgan fingerprint density at radius 2 is 1.67 bits per heavy atom. The molecule has 0 bridgehead atoms. The maximum Gasteiger partial charge on any atom is 0.217 e. The van der Waals surface area contributed by atoms with Crippen molar-refractivity contribution < 1.29 is 23.8 Å². The number of ether oxygens (including phenoxy) is 1. The number of fused-ring (bicyclic) bond motifs is 1. The maximum atomic E-state index is 13.4. The molecule has 0 atom stereocenters. The number of phenols is 1. The summed E-state index contributed by atoms with van der Waals surface area (Å²) in [7, 11) is 0. The van der Waals surface area contributed by atoms with E-state index in [1.807, 2.05) is 30.3 Å². The van der Waals surface area contributed by atoms with Gasteiger partial charge >= 0.3 is 0 Å². The van der Waals surface area contributed by atoms with Gasteiger partial charge in [-0.2, -0.15) is 0 Å². The molecule has 0 fully saturated rings. The molecular weight excluding hydrogens is 422 g/mol. The van der Waals surface area contributed by atoms with Crippen LogP contribution < -0.4 is 21.9 Å². The molecule has 1 amide bonds. The maximum absolute atomic E-state index is 13.4. The molecule has 0 aliphatic rings. The first-order chi connectivity index (χ1) is 15.8. The first-order valence-corrected chi connectivity index (χ1v) is 10.3. The monoisotopic (exact) mass is 445 g/mol. The first kappa shape index (κ1) is 21.8. The summed E-state index contributed by atoms with van der Waals surface area (Å²) in [6.45, 7) is 0.374. The lowest BCUT2D eigenvalue weighted by Crippen LogP contribution is -2.12. The van der Waals surface area contributed by atoms with Crippen molar-refractivity contribution in [1.29, 1.82) is 0 Å². The van der Waals surface area contributed by atoms with Gasteiger partial charge in [-0.1, -0.05) is 30.3 Å². The Kier molecular flexibility index (Phi) is 5.91. The SMILES string of the molecule is NC(=O)CCc1oc2cc(OCc3ccccc3)ccc2c1C(=O)c1cc(N)c(O)c(N)c1. The summed E-state index contributed by atoms with van der Waals surface area (Å²) in [6, 6.07) is 17.6. The zero-order valence-electron chi connectivity index (χ0n) is 17.7. The van der Waals surface area contributed by atoms with Crippen molar-refractivity contribution in [2.45, 2.75) is 19.4 Å². The third kappa shape index (κ3) is 4.59. The number of nitrogens with two attached hydrogens (primary N) is 3. The molecule has 4 aromatic rings. The van der Waals surface area contributed by atoms with Crippen molar-refractivity contribution in [1.82, 2.24) is 0 Å². The molecule has 0 saturated carbocycles. The van der Waals surface area contributed by atoms with E-state index < -0.39 is 11.7 Å². The van der Waals surface area contributed by atoms with E-state index in [0.29, 0.717) is 29.1 Å². The van der Waals surface area contributed by atoms with Gasteiger partial charge in [0.2, 0.25) is 5.91 Å². The van der Waals surface area contributed by atoms with E-state index in [9.17, 15) is 14.7 Å².